The van der Waals surface area contributed by atoms with Gasteiger partial charge < -0.3 is 10.2 Å². The molecular weight excluding hydrogens is 406 g/mol. The summed E-state index contributed by atoms with van der Waals surface area (Å²) in [5.74, 6) is -0.872. The van der Waals surface area contributed by atoms with E-state index in [-0.39, 0.29) is 28.5 Å². The van der Waals surface area contributed by atoms with Gasteiger partial charge in [-0.05, 0) is 49.2 Å². The van der Waals surface area contributed by atoms with Gasteiger partial charge in [0.25, 0.3) is 5.91 Å². The van der Waals surface area contributed by atoms with E-state index in [4.69, 9.17) is 11.6 Å². The lowest BCUT2D eigenvalue weighted by atomic mass is 10.2. The van der Waals surface area contributed by atoms with Crippen molar-refractivity contribution >= 4 is 33.7 Å². The maximum Gasteiger partial charge on any atom is 0.258 e. The summed E-state index contributed by atoms with van der Waals surface area (Å²) >= 11 is 5.81. The van der Waals surface area contributed by atoms with Crippen molar-refractivity contribution in [1.29, 1.82) is 0 Å². The predicted octanol–water partition coefficient (Wildman–Crippen LogP) is 2.05. The number of phenols is 2. The number of carbonyl (C=O) groups is 1. The highest BCUT2D eigenvalue weighted by molar-refractivity contribution is 7.89. The molecule has 0 saturated carbocycles. The number of nitrogens with one attached hydrogen (secondary N) is 1. The molecule has 148 valence electrons. The third-order valence-corrected chi connectivity index (χ3v) is 6.49. The molecule has 0 bridgehead atoms. The molecule has 10 heteroatoms. The molecule has 0 aliphatic carbocycles. The van der Waals surface area contributed by atoms with Gasteiger partial charge in [0.15, 0.2) is 0 Å². The first kappa shape index (κ1) is 20.1. The normalized spacial score (nSPS) is 17.8. The molecule has 8 nitrogen and oxygen atoms in total. The van der Waals surface area contributed by atoms with Crippen LogP contribution in [0, 0.1) is 0 Å². The van der Waals surface area contributed by atoms with E-state index < -0.39 is 22.0 Å². The van der Waals surface area contributed by atoms with Crippen LogP contribution in [0.2, 0.25) is 5.02 Å². The molecule has 1 fully saturated rings. The van der Waals surface area contributed by atoms with Crippen LogP contribution < -0.4 is 5.43 Å². The molecule has 0 aromatic heterocycles. The highest BCUT2D eigenvalue weighted by Gasteiger charge is 2.39. The number of rotatable bonds is 5. The Bertz CT molecular complexity index is 1010. The van der Waals surface area contributed by atoms with Crippen LogP contribution in [0.15, 0.2) is 52.5 Å². The van der Waals surface area contributed by atoms with Crippen LogP contribution in [0.5, 0.6) is 11.5 Å². The van der Waals surface area contributed by atoms with E-state index in [9.17, 15) is 23.4 Å². The molecule has 2 aromatic carbocycles. The molecule has 3 rings (SSSR count). The zero-order valence-electron chi connectivity index (χ0n) is 14.6. The SMILES string of the molecule is O=C(N/N=C\c1ccc(O)cc1O)[C@H]1CCCN1S(=O)(=O)c1ccc(Cl)cc1. The fourth-order valence-corrected chi connectivity index (χ4v) is 4.70. The first-order valence-electron chi connectivity index (χ1n) is 8.41. The second kappa shape index (κ2) is 8.17. The zero-order valence-corrected chi connectivity index (χ0v) is 16.2. The average molecular weight is 424 g/mol. The van der Waals surface area contributed by atoms with Crippen molar-refractivity contribution in [1.82, 2.24) is 9.73 Å². The van der Waals surface area contributed by atoms with E-state index in [2.05, 4.69) is 10.5 Å². The number of amides is 1. The van der Waals surface area contributed by atoms with E-state index in [0.29, 0.717) is 17.9 Å². The number of hydrazone groups is 1. The van der Waals surface area contributed by atoms with Gasteiger partial charge in [-0.1, -0.05) is 11.6 Å². The van der Waals surface area contributed by atoms with Crippen molar-refractivity contribution in [3.8, 4) is 11.5 Å². The van der Waals surface area contributed by atoms with E-state index >= 15 is 0 Å². The minimum atomic E-state index is -3.84. The Morgan fingerprint density at radius 3 is 2.61 bits per heavy atom. The number of carbonyl (C=O) groups excluding carboxylic acids is 1. The van der Waals surface area contributed by atoms with Crippen LogP contribution in [0.1, 0.15) is 18.4 Å². The maximum absolute atomic E-state index is 12.8. The van der Waals surface area contributed by atoms with Crippen LogP contribution in [0.25, 0.3) is 0 Å². The lowest BCUT2D eigenvalue weighted by Gasteiger charge is -2.22. The van der Waals surface area contributed by atoms with Crippen molar-refractivity contribution in [2.45, 2.75) is 23.8 Å². The molecule has 1 heterocycles. The molecule has 0 spiro atoms. The minimum absolute atomic E-state index is 0.0640. The topological polar surface area (TPSA) is 119 Å². The lowest BCUT2D eigenvalue weighted by Crippen LogP contribution is -2.44. The van der Waals surface area contributed by atoms with Crippen LogP contribution in [-0.2, 0) is 14.8 Å². The highest BCUT2D eigenvalue weighted by atomic mass is 35.5. The van der Waals surface area contributed by atoms with Crippen LogP contribution >= 0.6 is 11.6 Å². The fourth-order valence-electron chi connectivity index (χ4n) is 2.91. The molecule has 1 atom stereocenters. The number of hydrogen-bond acceptors (Lipinski definition) is 6. The lowest BCUT2D eigenvalue weighted by molar-refractivity contribution is -0.124. The molecule has 3 N–H and O–H groups in total. The Balaban J connectivity index is 1.72. The first-order chi connectivity index (χ1) is 13.3. The van der Waals surface area contributed by atoms with Crippen molar-refractivity contribution in [3.63, 3.8) is 0 Å². The van der Waals surface area contributed by atoms with E-state index in [1.807, 2.05) is 0 Å². The second-order valence-corrected chi connectivity index (χ2v) is 8.53. The second-order valence-electron chi connectivity index (χ2n) is 6.21. The summed E-state index contributed by atoms with van der Waals surface area (Å²) in [7, 11) is -3.84. The summed E-state index contributed by atoms with van der Waals surface area (Å²) in [6.07, 6.45) is 2.13. The summed E-state index contributed by atoms with van der Waals surface area (Å²) < 4.78 is 26.8. The Morgan fingerprint density at radius 2 is 1.93 bits per heavy atom. The van der Waals surface area contributed by atoms with Crippen molar-refractivity contribution in [2.75, 3.05) is 6.54 Å². The third kappa shape index (κ3) is 4.27. The summed E-state index contributed by atoms with van der Waals surface area (Å²) in [5.41, 5.74) is 2.59. The third-order valence-electron chi connectivity index (χ3n) is 4.32. The number of nitrogens with zero attached hydrogens (tertiary/aromatic N) is 2. The Hall–Kier alpha value is -2.62. The molecule has 0 unspecified atom stereocenters. The fraction of sp³-hybridized carbons (Fsp3) is 0.222. The van der Waals surface area contributed by atoms with Gasteiger partial charge in [-0.25, -0.2) is 13.8 Å². The standard InChI is InChI=1S/C18H18ClN3O5S/c19-13-4-7-15(8-5-13)28(26,27)22-9-1-2-16(22)18(25)21-20-11-12-3-6-14(23)10-17(12)24/h3-8,10-11,16,23-24H,1-2,9H2,(H,21,25)/b20-11-/t16-/m1/s1. The van der Waals surface area contributed by atoms with Crippen LogP contribution in [-0.4, -0.2) is 47.6 Å². The van der Waals surface area contributed by atoms with Gasteiger partial charge >= 0.3 is 0 Å². The summed E-state index contributed by atoms with van der Waals surface area (Å²) in [4.78, 5) is 12.5. The number of halogens is 1. The van der Waals surface area contributed by atoms with Crippen LogP contribution in [0.3, 0.4) is 0 Å². The smallest absolute Gasteiger partial charge is 0.258 e. The largest absolute Gasteiger partial charge is 0.508 e. The molecule has 1 saturated heterocycles. The molecule has 1 aliphatic rings. The van der Waals surface area contributed by atoms with Crippen molar-refractivity contribution < 1.29 is 23.4 Å². The van der Waals surface area contributed by atoms with Crippen molar-refractivity contribution in [3.05, 3.63) is 53.1 Å². The van der Waals surface area contributed by atoms with Crippen molar-refractivity contribution in [2.24, 2.45) is 5.10 Å². The molecular formula is C18H18ClN3O5S. The van der Waals surface area contributed by atoms with Gasteiger partial charge in [0, 0.05) is 23.2 Å². The number of phenolic OH excluding ortho intramolecular Hbond substituents is 2. The first-order valence-corrected chi connectivity index (χ1v) is 10.2. The van der Waals surface area contributed by atoms with E-state index in [1.165, 1.54) is 42.6 Å². The maximum atomic E-state index is 12.8. The summed E-state index contributed by atoms with van der Waals surface area (Å²) in [6.45, 7) is 0.228. The Morgan fingerprint density at radius 1 is 1.21 bits per heavy atom. The summed E-state index contributed by atoms with van der Waals surface area (Å²) in [6, 6.07) is 8.80. The van der Waals surface area contributed by atoms with Gasteiger partial charge in [-0.15, -0.1) is 0 Å². The number of aromatic hydroxyl groups is 2. The number of sulfonamides is 1. The minimum Gasteiger partial charge on any atom is -0.508 e. The molecule has 1 amide bonds. The van der Waals surface area contributed by atoms with Gasteiger partial charge in [-0.2, -0.15) is 9.41 Å². The Kier molecular flexibility index (Phi) is 5.87. The molecule has 28 heavy (non-hydrogen) atoms. The van der Waals surface area contributed by atoms with Gasteiger partial charge in [0.2, 0.25) is 10.0 Å². The van der Waals surface area contributed by atoms with Gasteiger partial charge in [-0.3, -0.25) is 4.79 Å². The molecule has 1 aliphatic heterocycles. The Labute approximate surface area is 167 Å². The zero-order chi connectivity index (χ0) is 20.3. The monoisotopic (exact) mass is 423 g/mol. The predicted molar refractivity (Wildman–Crippen MR) is 104 cm³/mol. The van der Waals surface area contributed by atoms with E-state index in [0.717, 1.165) is 10.4 Å². The molecule has 0 radical (unpaired) electrons. The average Bonchev–Trinajstić information content (AvgIpc) is 3.14. The highest BCUT2D eigenvalue weighted by Crippen LogP contribution is 2.27. The number of hydrogen-bond donors (Lipinski definition) is 3. The number of benzene rings is 2. The molecule has 2 aromatic rings. The van der Waals surface area contributed by atoms with Gasteiger partial charge in [0.05, 0.1) is 11.1 Å². The quantitative estimate of drug-likeness (QED) is 0.502. The van der Waals surface area contributed by atoms with E-state index in [1.54, 1.807) is 0 Å². The van der Waals surface area contributed by atoms with Crippen LogP contribution in [0.4, 0.5) is 0 Å². The van der Waals surface area contributed by atoms with Gasteiger partial charge in [0.1, 0.15) is 17.5 Å². The summed E-state index contributed by atoms with van der Waals surface area (Å²) in [5, 5.41) is 23.2.